The van der Waals surface area contributed by atoms with Crippen LogP contribution in [0.15, 0.2) is 18.4 Å². The Bertz CT molecular complexity index is 517. The van der Waals surface area contributed by atoms with Crippen molar-refractivity contribution in [1.29, 1.82) is 0 Å². The van der Waals surface area contributed by atoms with Crippen LogP contribution < -0.4 is 0 Å². The Labute approximate surface area is 108 Å². The lowest BCUT2D eigenvalue weighted by atomic mass is 9.94. The molecule has 0 spiro atoms. The van der Waals surface area contributed by atoms with Crippen molar-refractivity contribution in [3.05, 3.63) is 40.9 Å². The van der Waals surface area contributed by atoms with Crippen LogP contribution in [0.5, 0.6) is 0 Å². The smallest absolute Gasteiger partial charge is 0.419 e. The molecule has 2 rings (SSSR count). The van der Waals surface area contributed by atoms with Gasteiger partial charge in [0.1, 0.15) is 5.82 Å². The second-order valence-corrected chi connectivity index (χ2v) is 4.75. The average Bonchev–Trinajstić information content (AvgIpc) is 2.29. The van der Waals surface area contributed by atoms with Gasteiger partial charge in [-0.05, 0) is 37.8 Å². The van der Waals surface area contributed by atoms with Gasteiger partial charge in [0.15, 0.2) is 0 Å². The van der Waals surface area contributed by atoms with Crippen molar-refractivity contribution in [2.75, 3.05) is 0 Å². The van der Waals surface area contributed by atoms with Gasteiger partial charge in [0.25, 0.3) is 0 Å². The van der Waals surface area contributed by atoms with Crippen molar-refractivity contribution in [3.63, 3.8) is 0 Å². The fraction of sp³-hybridized carbons (Fsp3) is 0.429. The van der Waals surface area contributed by atoms with Crippen molar-refractivity contribution >= 4 is 5.57 Å². The molecule has 19 heavy (non-hydrogen) atoms. The first kappa shape index (κ1) is 13.9. The number of hydrogen-bond acceptors (Lipinski definition) is 1. The second kappa shape index (κ2) is 4.87. The molecular weight excluding hydrogens is 260 g/mol. The maximum Gasteiger partial charge on any atom is 0.419 e. The van der Waals surface area contributed by atoms with Gasteiger partial charge < -0.3 is 4.74 Å². The highest BCUT2D eigenvalue weighted by Crippen LogP contribution is 2.38. The Morgan fingerprint density at radius 3 is 2.47 bits per heavy atom. The molecule has 1 atom stereocenters. The Morgan fingerprint density at radius 1 is 1.26 bits per heavy atom. The third kappa shape index (κ3) is 2.74. The minimum absolute atomic E-state index is 0.0133. The number of aryl methyl sites for hydroxylation is 1. The summed E-state index contributed by atoms with van der Waals surface area (Å²) in [6.45, 7) is 3.11. The Hall–Kier alpha value is -1.52. The summed E-state index contributed by atoms with van der Waals surface area (Å²) in [5.74, 6) is -1.21. The van der Waals surface area contributed by atoms with Gasteiger partial charge in [-0.15, -0.1) is 0 Å². The topological polar surface area (TPSA) is 9.23 Å². The van der Waals surface area contributed by atoms with E-state index in [9.17, 15) is 17.6 Å². The van der Waals surface area contributed by atoms with E-state index in [0.29, 0.717) is 18.4 Å². The van der Waals surface area contributed by atoms with Gasteiger partial charge in [0.05, 0.1) is 17.9 Å². The fourth-order valence-electron chi connectivity index (χ4n) is 2.15. The number of hydrogen-bond donors (Lipinski definition) is 0. The highest BCUT2D eigenvalue weighted by Gasteiger charge is 2.37. The van der Waals surface area contributed by atoms with E-state index in [4.69, 9.17) is 4.74 Å². The van der Waals surface area contributed by atoms with Crippen LogP contribution in [0.2, 0.25) is 0 Å². The third-order valence-corrected chi connectivity index (χ3v) is 3.24. The Balaban J connectivity index is 2.49. The van der Waals surface area contributed by atoms with E-state index in [1.807, 2.05) is 6.92 Å². The molecule has 5 heteroatoms. The number of ether oxygens (including phenoxy) is 1. The average molecular weight is 274 g/mol. The molecule has 0 saturated carbocycles. The van der Waals surface area contributed by atoms with Crippen molar-refractivity contribution in [3.8, 4) is 0 Å². The summed E-state index contributed by atoms with van der Waals surface area (Å²) < 4.78 is 57.8. The fourth-order valence-corrected chi connectivity index (χ4v) is 2.15. The lowest BCUT2D eigenvalue weighted by Gasteiger charge is -2.21. The minimum Gasteiger partial charge on any atom is -0.498 e. The zero-order chi connectivity index (χ0) is 14.2. The van der Waals surface area contributed by atoms with Crippen LogP contribution in [-0.2, 0) is 10.9 Å². The molecule has 1 aromatic carbocycles. The molecule has 0 saturated heterocycles. The first-order valence-electron chi connectivity index (χ1n) is 6.02. The lowest BCUT2D eigenvalue weighted by molar-refractivity contribution is -0.140. The number of benzene rings is 1. The standard InChI is InChI=1S/C14H14F4O/c1-8-3-6-11(10-5-4-9(2)19-7-10)13(15)12(8)14(16,17)18/h3,6-7,9H,4-5H2,1-2H3. The van der Waals surface area contributed by atoms with Crippen LogP contribution in [0.3, 0.4) is 0 Å². The molecule has 1 unspecified atom stereocenters. The predicted octanol–water partition coefficient (Wildman–Crippen LogP) is 4.69. The summed E-state index contributed by atoms with van der Waals surface area (Å²) in [6.07, 6.45) is -2.13. The molecule has 0 fully saturated rings. The molecule has 1 aromatic rings. The highest BCUT2D eigenvalue weighted by atomic mass is 19.4. The van der Waals surface area contributed by atoms with Crippen molar-refractivity contribution in [1.82, 2.24) is 0 Å². The Morgan fingerprint density at radius 2 is 1.95 bits per heavy atom. The highest BCUT2D eigenvalue weighted by molar-refractivity contribution is 5.67. The SMILES string of the molecule is Cc1ccc(C2=COC(C)CC2)c(F)c1C(F)(F)F. The van der Waals surface area contributed by atoms with Gasteiger partial charge in [-0.25, -0.2) is 4.39 Å². The van der Waals surface area contributed by atoms with Crippen LogP contribution in [0, 0.1) is 12.7 Å². The predicted molar refractivity (Wildman–Crippen MR) is 63.9 cm³/mol. The monoisotopic (exact) mass is 274 g/mol. The first-order chi connectivity index (χ1) is 8.80. The van der Waals surface area contributed by atoms with E-state index in [2.05, 4.69) is 0 Å². The van der Waals surface area contributed by atoms with Crippen molar-refractivity contribution < 1.29 is 22.3 Å². The van der Waals surface area contributed by atoms with Gasteiger partial charge in [-0.3, -0.25) is 0 Å². The molecule has 104 valence electrons. The maximum absolute atomic E-state index is 14.1. The molecule has 1 heterocycles. The minimum atomic E-state index is -4.69. The van der Waals surface area contributed by atoms with E-state index in [0.717, 1.165) is 0 Å². The summed E-state index contributed by atoms with van der Waals surface area (Å²) in [7, 11) is 0. The molecule has 0 bridgehead atoms. The summed E-state index contributed by atoms with van der Waals surface area (Å²) in [5, 5.41) is 0. The van der Waals surface area contributed by atoms with E-state index in [-0.39, 0.29) is 17.2 Å². The van der Waals surface area contributed by atoms with Gasteiger partial charge in [0, 0.05) is 5.56 Å². The van der Waals surface area contributed by atoms with Gasteiger partial charge >= 0.3 is 6.18 Å². The Kier molecular flexibility index (Phi) is 3.56. The van der Waals surface area contributed by atoms with Crippen molar-refractivity contribution in [2.45, 2.75) is 39.0 Å². The van der Waals surface area contributed by atoms with Gasteiger partial charge in [-0.1, -0.05) is 12.1 Å². The number of allylic oxidation sites excluding steroid dienone is 1. The molecule has 1 aliphatic heterocycles. The van der Waals surface area contributed by atoms with E-state index in [1.165, 1.54) is 25.3 Å². The number of alkyl halides is 3. The van der Waals surface area contributed by atoms with Crippen LogP contribution in [0.4, 0.5) is 17.6 Å². The normalized spacial score (nSPS) is 19.9. The quantitative estimate of drug-likeness (QED) is 0.675. The summed E-state index contributed by atoms with van der Waals surface area (Å²) >= 11 is 0. The van der Waals surface area contributed by atoms with Crippen LogP contribution >= 0.6 is 0 Å². The molecule has 0 radical (unpaired) electrons. The number of halogens is 4. The summed E-state index contributed by atoms with van der Waals surface area (Å²) in [5.41, 5.74) is -0.852. The number of rotatable bonds is 1. The summed E-state index contributed by atoms with van der Waals surface area (Å²) in [4.78, 5) is 0. The second-order valence-electron chi connectivity index (χ2n) is 4.75. The maximum atomic E-state index is 14.1. The van der Waals surface area contributed by atoms with Crippen LogP contribution in [-0.4, -0.2) is 6.10 Å². The molecule has 0 N–H and O–H groups in total. The van der Waals surface area contributed by atoms with Crippen molar-refractivity contribution in [2.24, 2.45) is 0 Å². The molecule has 0 aliphatic carbocycles. The third-order valence-electron chi connectivity index (χ3n) is 3.24. The molecular formula is C14H14F4O. The van der Waals surface area contributed by atoms with Crippen LogP contribution in [0.25, 0.3) is 5.57 Å². The zero-order valence-corrected chi connectivity index (χ0v) is 10.6. The molecule has 0 amide bonds. The van der Waals surface area contributed by atoms with Gasteiger partial charge in [-0.2, -0.15) is 13.2 Å². The molecule has 1 aliphatic rings. The first-order valence-corrected chi connectivity index (χ1v) is 6.02. The largest absolute Gasteiger partial charge is 0.498 e. The van der Waals surface area contributed by atoms with E-state index in [1.54, 1.807) is 0 Å². The lowest BCUT2D eigenvalue weighted by Crippen LogP contribution is -2.14. The molecule has 1 nitrogen and oxygen atoms in total. The van der Waals surface area contributed by atoms with Crippen LogP contribution in [0.1, 0.15) is 36.5 Å². The van der Waals surface area contributed by atoms with E-state index < -0.39 is 17.6 Å². The summed E-state index contributed by atoms with van der Waals surface area (Å²) in [6, 6.07) is 2.67. The van der Waals surface area contributed by atoms with E-state index >= 15 is 0 Å². The van der Waals surface area contributed by atoms with Gasteiger partial charge in [0.2, 0.25) is 0 Å². The molecule has 0 aromatic heterocycles. The zero-order valence-electron chi connectivity index (χ0n) is 10.6.